The number of nitrogens with one attached hydrogen (secondary N) is 7. The largest absolute Gasteiger partial charge is 0.458 e. The normalized spacial score (nSPS) is 33.3. The lowest BCUT2D eigenvalue weighted by atomic mass is 9.44. The Hall–Kier alpha value is -5.99. The summed E-state index contributed by atoms with van der Waals surface area (Å²) >= 11 is 0. The number of hydrogen-bond acceptors (Lipinski definition) is 35. The summed E-state index contributed by atoms with van der Waals surface area (Å²) in [7, 11) is 0. The molecule has 42 nitrogen and oxygen atoms in total. The molecule has 9 aliphatic rings. The number of carbonyl (C=O) groups excluding carboxylic acids is 9. The molecule has 1 unspecified atom stereocenters. The number of epoxide rings is 2. The molecule has 0 bridgehead atoms. The zero-order valence-corrected chi connectivity index (χ0v) is 69.1. The highest BCUT2D eigenvalue weighted by Gasteiger charge is 2.92. The fourth-order valence-electron chi connectivity index (χ4n) is 17.2. The van der Waals surface area contributed by atoms with Gasteiger partial charge in [0.1, 0.15) is 96.6 Å². The molecule has 9 rings (SSSR count). The molecule has 1 spiro atoms. The van der Waals surface area contributed by atoms with Crippen molar-refractivity contribution in [3.8, 4) is 0 Å². The zero-order chi connectivity index (χ0) is 87.8. The third kappa shape index (κ3) is 25.3. The summed E-state index contributed by atoms with van der Waals surface area (Å²) in [5.41, 5.74) is -4.99. The number of aliphatic hydroxyl groups is 13. The van der Waals surface area contributed by atoms with Gasteiger partial charge in [0.2, 0.25) is 41.4 Å². The topological polar surface area (TPSA) is 627 Å². The molecule has 2 saturated carbocycles. The van der Waals surface area contributed by atoms with Crippen LogP contribution in [0.25, 0.3) is 0 Å². The molecular formula is C79H129N7O35. The van der Waals surface area contributed by atoms with Crippen LogP contribution in [0.1, 0.15) is 156 Å². The van der Waals surface area contributed by atoms with Gasteiger partial charge in [-0.25, -0.2) is 4.79 Å². The van der Waals surface area contributed by atoms with Gasteiger partial charge in [-0.2, -0.15) is 0 Å². The van der Waals surface area contributed by atoms with Crippen LogP contribution in [0.4, 0.5) is 0 Å². The predicted molar refractivity (Wildman–Crippen MR) is 412 cm³/mol. The number of unbranched alkanes of at least 4 members (excludes halogenated alkanes) is 3. The second-order valence-corrected chi connectivity index (χ2v) is 33.2. The molecule has 0 aromatic rings. The summed E-state index contributed by atoms with van der Waals surface area (Å²) in [6, 6.07) is 0. The van der Waals surface area contributed by atoms with Crippen molar-refractivity contribution in [1.29, 1.82) is 0 Å². The molecule has 6 aliphatic heterocycles. The average Bonchev–Trinajstić information content (AvgIpc) is 1.45. The number of fused-ring (bicyclic) bond motifs is 4. The van der Waals surface area contributed by atoms with Gasteiger partial charge in [0.05, 0.1) is 78.1 Å². The van der Waals surface area contributed by atoms with E-state index in [1.54, 1.807) is 0 Å². The summed E-state index contributed by atoms with van der Waals surface area (Å²) in [5, 5.41) is 152. The van der Waals surface area contributed by atoms with Crippen LogP contribution in [0.2, 0.25) is 0 Å². The Labute approximate surface area is 701 Å². The summed E-state index contributed by atoms with van der Waals surface area (Å²) in [4.78, 5) is 119. The van der Waals surface area contributed by atoms with Gasteiger partial charge in [0.15, 0.2) is 30.6 Å². The molecule has 690 valence electrons. The molecule has 121 heavy (non-hydrogen) atoms. The first-order valence-corrected chi connectivity index (χ1v) is 42.4. The third-order valence-corrected chi connectivity index (χ3v) is 24.4. The van der Waals surface area contributed by atoms with Crippen LogP contribution < -0.4 is 37.2 Å². The van der Waals surface area contributed by atoms with Crippen molar-refractivity contribution in [1.82, 2.24) is 37.2 Å². The lowest BCUT2D eigenvalue weighted by molar-refractivity contribution is -0.301. The molecule has 42 heteroatoms. The summed E-state index contributed by atoms with van der Waals surface area (Å²) < 4.78 is 76.0. The Morgan fingerprint density at radius 3 is 1.24 bits per heavy atom. The molecule has 7 fully saturated rings. The second kappa shape index (κ2) is 46.5. The third-order valence-electron chi connectivity index (χ3n) is 24.4. The maximum atomic E-state index is 14.6. The van der Waals surface area contributed by atoms with Crippen LogP contribution in [-0.2, 0) is 105 Å². The minimum atomic E-state index is -1.66. The van der Waals surface area contributed by atoms with Gasteiger partial charge in [0, 0.05) is 121 Å². The van der Waals surface area contributed by atoms with Crippen LogP contribution in [-0.4, -0.2) is 378 Å². The van der Waals surface area contributed by atoms with E-state index in [0.29, 0.717) is 82.6 Å². The van der Waals surface area contributed by atoms with Crippen LogP contribution in [0.5, 0.6) is 0 Å². The average molecular weight is 1740 g/mol. The van der Waals surface area contributed by atoms with Crippen molar-refractivity contribution >= 4 is 53.3 Å². The molecule has 5 saturated heterocycles. The molecule has 0 radical (unpaired) electrons. The van der Waals surface area contributed by atoms with E-state index >= 15 is 0 Å². The van der Waals surface area contributed by atoms with Crippen molar-refractivity contribution < 1.29 is 171 Å². The first kappa shape index (κ1) is 98.8. The fourth-order valence-corrected chi connectivity index (χ4v) is 17.2. The van der Waals surface area contributed by atoms with Crippen molar-refractivity contribution in [2.45, 2.75) is 288 Å². The highest BCUT2D eigenvalue weighted by molar-refractivity contribution is 5.92. The SMILES string of the molecule is CC(C)[C@]12O[C@H]1C[C@]1(O)[C@]3(O[C@H]3CC3C4=C(CC[C@@]31C)C(=O)OC4)[C@@H]2OC(=O)CCC(=O)NC(COCCC(=O)NCCCNC(=O)CCCCO[C@@H]1O[C@H](CO)[C@@H](O)[C@H](O)[C@H]1O)(COCCC(=O)NCCCNC(=O)CCCCO[C@@H]1O[C@H](CO)[C@@H](O)[C@H](O)[C@H]1O)COCCC(=O)NCCCNC(=O)CCCCO[C@@H]1O[C@H](CO)[C@@H](O)[C@H](O)[C@H]1O. The Morgan fingerprint density at radius 1 is 0.471 bits per heavy atom. The van der Waals surface area contributed by atoms with Gasteiger partial charge < -0.3 is 165 Å². The Bertz CT molecular complexity index is 3210. The van der Waals surface area contributed by atoms with Crippen LogP contribution in [0.3, 0.4) is 0 Å². The summed E-state index contributed by atoms with van der Waals surface area (Å²) in [6.45, 7) is 3.47. The van der Waals surface area contributed by atoms with E-state index in [4.69, 9.17) is 61.6 Å². The Kier molecular flexibility index (Phi) is 37.9. The number of esters is 2. The van der Waals surface area contributed by atoms with Gasteiger partial charge in [0.25, 0.3) is 0 Å². The molecule has 0 aromatic carbocycles. The number of ether oxygens (including phenoxy) is 13. The lowest BCUT2D eigenvalue weighted by Crippen LogP contribution is -2.74. The molecule has 3 aliphatic carbocycles. The van der Waals surface area contributed by atoms with E-state index in [0.717, 1.165) is 5.57 Å². The minimum absolute atomic E-state index is 0.0405. The number of aliphatic hydroxyl groups excluding tert-OH is 12. The number of cyclic esters (lactones) is 1. The van der Waals surface area contributed by atoms with Gasteiger partial charge in [-0.3, -0.25) is 38.4 Å². The smallest absolute Gasteiger partial charge is 0.334 e. The van der Waals surface area contributed by atoms with Crippen molar-refractivity contribution in [2.24, 2.45) is 17.3 Å². The van der Waals surface area contributed by atoms with E-state index in [9.17, 15) is 110 Å². The monoisotopic (exact) mass is 1740 g/mol. The van der Waals surface area contributed by atoms with Crippen LogP contribution >= 0.6 is 0 Å². The minimum Gasteiger partial charge on any atom is -0.458 e. The van der Waals surface area contributed by atoms with Gasteiger partial charge in [-0.15, -0.1) is 0 Å². The Morgan fingerprint density at radius 2 is 0.860 bits per heavy atom. The summed E-state index contributed by atoms with van der Waals surface area (Å²) in [6.07, 6.45) is -20.0. The number of amides is 7. The molecule has 7 amide bonds. The highest BCUT2D eigenvalue weighted by Crippen LogP contribution is 2.76. The van der Waals surface area contributed by atoms with Gasteiger partial charge in [-0.1, -0.05) is 20.8 Å². The summed E-state index contributed by atoms with van der Waals surface area (Å²) in [5.74, 6) is -4.50. The second-order valence-electron chi connectivity index (χ2n) is 33.2. The highest BCUT2D eigenvalue weighted by atomic mass is 16.7. The Balaban J connectivity index is 0.776. The molecule has 23 atom stereocenters. The number of carbonyl (C=O) groups is 9. The fraction of sp³-hybridized carbons (Fsp3) is 0.861. The lowest BCUT2D eigenvalue weighted by Gasteiger charge is -2.60. The van der Waals surface area contributed by atoms with Gasteiger partial charge in [-0.05, 0) is 94.5 Å². The van der Waals surface area contributed by atoms with Crippen molar-refractivity contribution in [2.75, 3.05) is 125 Å². The quantitative estimate of drug-likeness (QED) is 0.0153. The molecular weight excluding hydrogens is 1610 g/mol. The predicted octanol–water partition coefficient (Wildman–Crippen LogP) is -6.68. The molecule has 0 aromatic heterocycles. The van der Waals surface area contributed by atoms with Crippen molar-refractivity contribution in [3.63, 3.8) is 0 Å². The van der Waals surface area contributed by atoms with E-state index in [1.165, 1.54) is 0 Å². The van der Waals surface area contributed by atoms with E-state index in [1.807, 2.05) is 20.8 Å². The van der Waals surface area contributed by atoms with Crippen LogP contribution in [0.15, 0.2) is 11.1 Å². The van der Waals surface area contributed by atoms with Gasteiger partial charge >= 0.3 is 11.9 Å². The zero-order valence-electron chi connectivity index (χ0n) is 69.1. The molecule has 20 N–H and O–H groups in total. The number of hydrogen-bond donors (Lipinski definition) is 20. The number of rotatable bonds is 54. The first-order valence-electron chi connectivity index (χ1n) is 42.4. The molecule has 6 heterocycles. The first-order chi connectivity index (χ1) is 57.8. The maximum absolute atomic E-state index is 14.6. The van der Waals surface area contributed by atoms with E-state index < -0.39 is 220 Å². The standard InChI is InChI=1S/C79H129N7O35/c1-44(2)78-52(120-78)36-77(108)75(3)22-18-45-46(40-115-70(45)107)47(75)35-51-79(77,121-51)74(78)119-60(97)17-16-59(96)86-76(41-109-32-19-56(93)83-26-10-23-80-53(90)13-4-7-29-112-71-67(104)64(101)61(98)48(37-87)116-71,42-110-33-20-57(94)84-27-11-24-81-54(91)14-5-8-30-113-72-68(105)65(102)62(99)49(38-88)117-72)43-111-34-21-58(95)85-28-12-25-82-55(92)15-6-9-31-114-73-69(106)66(103)63(100)50(39-89)118-73/h44,47-52,61-69,71-74,87-89,98-106,108H,4-43H2,1-3H3,(H,80,90)(H,81,91)(H,82,92)(H,83,93)(H,84,94)(H,85,95)(H,86,96)/t47?,48-,49-,50-,51+,52+,61-,62-,63-,64+,65+,66+,67-,68-,69-,71-,72-,73-,74-,75+,77-,78+,79-/m1/s1. The van der Waals surface area contributed by atoms with Crippen molar-refractivity contribution in [3.05, 3.63) is 11.1 Å². The van der Waals surface area contributed by atoms with E-state index in [2.05, 4.69) is 37.2 Å². The van der Waals surface area contributed by atoms with Crippen LogP contribution in [0, 0.1) is 17.3 Å². The van der Waals surface area contributed by atoms with E-state index in [-0.39, 0.29) is 166 Å². The maximum Gasteiger partial charge on any atom is 0.334 e.